The Morgan fingerprint density at radius 1 is 1.10 bits per heavy atom. The van der Waals surface area contributed by atoms with Gasteiger partial charge in [0.25, 0.3) is 0 Å². The van der Waals surface area contributed by atoms with Gasteiger partial charge in [-0.15, -0.1) is 0 Å². The van der Waals surface area contributed by atoms with Crippen LogP contribution in [0.1, 0.15) is 46.1 Å². The van der Waals surface area contributed by atoms with Gasteiger partial charge in [-0.05, 0) is 29.0 Å². The van der Waals surface area contributed by atoms with Crippen LogP contribution < -0.4 is 5.32 Å². The molecule has 2 rings (SSSR count). The lowest BCUT2D eigenvalue weighted by atomic mass is 10.0. The minimum atomic E-state index is 0.530. The molecule has 0 fully saturated rings. The highest BCUT2D eigenvalue weighted by Gasteiger charge is 2.08. The normalized spacial score (nSPS) is 11.9. The second-order valence-corrected chi connectivity index (χ2v) is 6.08. The number of nitrogens with one attached hydrogen (secondary N) is 1. The van der Waals surface area contributed by atoms with Gasteiger partial charge >= 0.3 is 0 Å². The third kappa shape index (κ3) is 3.63. The first kappa shape index (κ1) is 15.1. The fourth-order valence-corrected chi connectivity index (χ4v) is 2.65. The van der Waals surface area contributed by atoms with Gasteiger partial charge in [0, 0.05) is 30.8 Å². The summed E-state index contributed by atoms with van der Waals surface area (Å²) in [5.74, 6) is 0.781. The van der Waals surface area contributed by atoms with Crippen molar-refractivity contribution in [2.24, 2.45) is 5.92 Å². The van der Waals surface area contributed by atoms with Crippen molar-refractivity contribution in [3.05, 3.63) is 36.0 Å². The maximum atomic E-state index is 3.49. The van der Waals surface area contributed by atoms with Gasteiger partial charge in [0.1, 0.15) is 0 Å². The van der Waals surface area contributed by atoms with Crippen LogP contribution in [-0.4, -0.2) is 10.6 Å². The van der Waals surface area contributed by atoms with Crippen molar-refractivity contribution in [1.82, 2.24) is 9.88 Å². The molecule has 2 nitrogen and oxygen atoms in total. The predicted octanol–water partition coefficient (Wildman–Crippen LogP) is 4.58. The number of fused-ring (bicyclic) bond motifs is 1. The second kappa shape index (κ2) is 6.94. The van der Waals surface area contributed by atoms with E-state index in [2.05, 4.69) is 68.0 Å². The molecule has 1 aromatic carbocycles. The van der Waals surface area contributed by atoms with Crippen molar-refractivity contribution in [2.75, 3.05) is 0 Å². The topological polar surface area (TPSA) is 17.0 Å². The van der Waals surface area contributed by atoms with Crippen LogP contribution in [0.25, 0.3) is 10.9 Å². The molecule has 1 heterocycles. The molecule has 2 aromatic rings. The lowest BCUT2D eigenvalue weighted by molar-refractivity contribution is 0.425. The summed E-state index contributed by atoms with van der Waals surface area (Å²) in [5, 5.41) is 4.84. The number of rotatable bonds is 7. The molecule has 1 aromatic heterocycles. The van der Waals surface area contributed by atoms with E-state index < -0.39 is 0 Å². The molecule has 0 saturated carbocycles. The van der Waals surface area contributed by atoms with Crippen molar-refractivity contribution < 1.29 is 0 Å². The highest BCUT2D eigenvalue weighted by molar-refractivity contribution is 5.80. The fraction of sp³-hybridized carbons (Fsp3) is 0.556. The average molecular weight is 272 g/mol. The Labute approximate surface area is 123 Å². The van der Waals surface area contributed by atoms with Crippen molar-refractivity contribution in [1.29, 1.82) is 0 Å². The largest absolute Gasteiger partial charge is 0.347 e. The minimum Gasteiger partial charge on any atom is -0.347 e. The quantitative estimate of drug-likeness (QED) is 0.781. The first-order valence-corrected chi connectivity index (χ1v) is 7.95. The van der Waals surface area contributed by atoms with Gasteiger partial charge in [-0.25, -0.2) is 0 Å². The third-order valence-electron chi connectivity index (χ3n) is 4.16. The van der Waals surface area contributed by atoms with E-state index in [0.717, 1.165) is 19.0 Å². The number of aromatic nitrogens is 1. The van der Waals surface area contributed by atoms with Crippen molar-refractivity contribution in [3.8, 4) is 0 Å². The lowest BCUT2D eigenvalue weighted by Gasteiger charge is -2.15. The minimum absolute atomic E-state index is 0.530. The Hall–Kier alpha value is -1.28. The molecule has 0 saturated heterocycles. The molecule has 0 atom stereocenters. The van der Waals surface area contributed by atoms with E-state index >= 15 is 0 Å². The first-order chi connectivity index (χ1) is 9.63. The molecule has 0 bridgehead atoms. The summed E-state index contributed by atoms with van der Waals surface area (Å²) in [6.45, 7) is 11.0. The van der Waals surface area contributed by atoms with E-state index in [1.54, 1.807) is 0 Å². The molecule has 0 unspecified atom stereocenters. The van der Waals surface area contributed by atoms with Crippen LogP contribution >= 0.6 is 0 Å². The lowest BCUT2D eigenvalue weighted by Crippen LogP contribution is -2.21. The molecule has 0 spiro atoms. The Bertz CT molecular complexity index is 535. The standard InChI is InChI=1S/C18H28N2/c1-5-15(6-2)13-20-10-9-17-8-7-16(11-18(17)20)12-19-14(3)4/h7-11,14-15,19H,5-6,12-13H2,1-4H3. The predicted molar refractivity (Wildman–Crippen MR) is 88.0 cm³/mol. The zero-order valence-electron chi connectivity index (χ0n) is 13.3. The van der Waals surface area contributed by atoms with Gasteiger partial charge in [0.2, 0.25) is 0 Å². The monoisotopic (exact) mass is 272 g/mol. The summed E-state index contributed by atoms with van der Waals surface area (Å²) >= 11 is 0. The molecule has 20 heavy (non-hydrogen) atoms. The van der Waals surface area contributed by atoms with Gasteiger partial charge in [0.05, 0.1) is 0 Å². The number of nitrogens with zero attached hydrogens (tertiary/aromatic N) is 1. The maximum absolute atomic E-state index is 3.49. The number of hydrogen-bond acceptors (Lipinski definition) is 1. The summed E-state index contributed by atoms with van der Waals surface area (Å²) in [4.78, 5) is 0. The molecule has 0 radical (unpaired) electrons. The summed E-state index contributed by atoms with van der Waals surface area (Å²) in [6.07, 6.45) is 4.75. The van der Waals surface area contributed by atoms with Crippen LogP contribution in [0.4, 0.5) is 0 Å². The van der Waals surface area contributed by atoms with Gasteiger partial charge < -0.3 is 9.88 Å². The van der Waals surface area contributed by atoms with Gasteiger partial charge in [-0.3, -0.25) is 0 Å². The zero-order chi connectivity index (χ0) is 14.5. The van der Waals surface area contributed by atoms with Crippen LogP contribution in [0.15, 0.2) is 30.5 Å². The van der Waals surface area contributed by atoms with Crippen LogP contribution in [0.2, 0.25) is 0 Å². The highest BCUT2D eigenvalue weighted by Crippen LogP contribution is 2.21. The van der Waals surface area contributed by atoms with Crippen LogP contribution in [-0.2, 0) is 13.1 Å². The molecule has 110 valence electrons. The molecule has 1 N–H and O–H groups in total. The molecular weight excluding hydrogens is 244 g/mol. The Morgan fingerprint density at radius 3 is 2.50 bits per heavy atom. The second-order valence-electron chi connectivity index (χ2n) is 6.08. The number of benzene rings is 1. The fourth-order valence-electron chi connectivity index (χ4n) is 2.65. The Kier molecular flexibility index (Phi) is 5.24. The van der Waals surface area contributed by atoms with E-state index in [4.69, 9.17) is 0 Å². The van der Waals surface area contributed by atoms with Crippen LogP contribution in [0.5, 0.6) is 0 Å². The van der Waals surface area contributed by atoms with E-state index in [1.807, 2.05) is 0 Å². The van der Waals surface area contributed by atoms with Gasteiger partial charge in [-0.1, -0.05) is 52.7 Å². The van der Waals surface area contributed by atoms with Crippen molar-refractivity contribution in [2.45, 2.75) is 59.7 Å². The van der Waals surface area contributed by atoms with Crippen LogP contribution in [0.3, 0.4) is 0 Å². The first-order valence-electron chi connectivity index (χ1n) is 7.95. The van der Waals surface area contributed by atoms with E-state index in [1.165, 1.54) is 29.3 Å². The van der Waals surface area contributed by atoms with Crippen molar-refractivity contribution >= 4 is 10.9 Å². The summed E-state index contributed by atoms with van der Waals surface area (Å²) in [7, 11) is 0. The highest BCUT2D eigenvalue weighted by atomic mass is 15.0. The molecule has 0 aliphatic carbocycles. The number of hydrogen-bond donors (Lipinski definition) is 1. The van der Waals surface area contributed by atoms with E-state index in [0.29, 0.717) is 6.04 Å². The van der Waals surface area contributed by atoms with E-state index in [-0.39, 0.29) is 0 Å². The molecule has 0 aliphatic heterocycles. The zero-order valence-corrected chi connectivity index (χ0v) is 13.3. The summed E-state index contributed by atoms with van der Waals surface area (Å²) < 4.78 is 2.42. The SMILES string of the molecule is CCC(CC)Cn1ccc2ccc(CNC(C)C)cc21. The summed E-state index contributed by atoms with van der Waals surface area (Å²) in [6, 6.07) is 9.58. The van der Waals surface area contributed by atoms with E-state index in [9.17, 15) is 0 Å². The van der Waals surface area contributed by atoms with Crippen LogP contribution in [0, 0.1) is 5.92 Å². The Morgan fingerprint density at radius 2 is 1.85 bits per heavy atom. The molecular formula is C18H28N2. The third-order valence-corrected chi connectivity index (χ3v) is 4.16. The Balaban J connectivity index is 2.21. The summed E-state index contributed by atoms with van der Waals surface area (Å²) in [5.41, 5.74) is 2.75. The van der Waals surface area contributed by atoms with Gasteiger partial charge in [-0.2, -0.15) is 0 Å². The molecule has 2 heteroatoms. The smallest absolute Gasteiger partial charge is 0.0483 e. The van der Waals surface area contributed by atoms with Crippen molar-refractivity contribution in [3.63, 3.8) is 0 Å². The van der Waals surface area contributed by atoms with Gasteiger partial charge in [0.15, 0.2) is 0 Å². The average Bonchev–Trinajstić information content (AvgIpc) is 2.84. The molecule has 0 amide bonds. The maximum Gasteiger partial charge on any atom is 0.0483 e. The molecule has 0 aliphatic rings.